The van der Waals surface area contributed by atoms with Crippen molar-refractivity contribution in [2.45, 2.75) is 31.6 Å². The van der Waals surface area contributed by atoms with Crippen LogP contribution in [0.2, 0.25) is 0 Å². The summed E-state index contributed by atoms with van der Waals surface area (Å²) in [5, 5.41) is 2.05. The summed E-state index contributed by atoms with van der Waals surface area (Å²) < 4.78 is 0. The third kappa shape index (κ3) is 3.32. The Kier molecular flexibility index (Phi) is 5.91. The number of hydrogen-bond donors (Lipinski definition) is 0. The summed E-state index contributed by atoms with van der Waals surface area (Å²) in [4.78, 5) is 0. The minimum atomic E-state index is 0.261. The summed E-state index contributed by atoms with van der Waals surface area (Å²) in [6, 6.07) is 10.8. The molecular formula is C13H18Br2. The van der Waals surface area contributed by atoms with Crippen LogP contribution in [0.25, 0.3) is 0 Å². The lowest BCUT2D eigenvalue weighted by Crippen LogP contribution is -2.30. The first-order valence-electron chi connectivity index (χ1n) is 5.46. The molecule has 1 aromatic carbocycles. The van der Waals surface area contributed by atoms with Gasteiger partial charge in [0, 0.05) is 16.1 Å². The predicted octanol–water partition coefficient (Wildman–Crippen LogP) is 4.90. The summed E-state index contributed by atoms with van der Waals surface area (Å²) in [5.41, 5.74) is 1.70. The molecular weight excluding hydrogens is 316 g/mol. The third-order valence-corrected chi connectivity index (χ3v) is 5.05. The molecule has 0 aliphatic carbocycles. The minimum absolute atomic E-state index is 0.261. The van der Waals surface area contributed by atoms with Crippen molar-refractivity contribution < 1.29 is 0 Å². The van der Waals surface area contributed by atoms with E-state index in [1.54, 1.807) is 0 Å². The van der Waals surface area contributed by atoms with Crippen LogP contribution >= 0.6 is 31.9 Å². The van der Waals surface area contributed by atoms with Crippen LogP contribution in [-0.2, 0) is 5.41 Å². The van der Waals surface area contributed by atoms with E-state index >= 15 is 0 Å². The third-order valence-electron chi connectivity index (χ3n) is 2.91. The summed E-state index contributed by atoms with van der Waals surface area (Å²) in [6.07, 6.45) is 3.78. The van der Waals surface area contributed by atoms with E-state index in [9.17, 15) is 0 Å². The van der Waals surface area contributed by atoms with Crippen LogP contribution in [0.4, 0.5) is 0 Å². The predicted molar refractivity (Wildman–Crippen MR) is 75.2 cm³/mol. The summed E-state index contributed by atoms with van der Waals surface area (Å²) in [7, 11) is 0. The normalized spacial score (nSPS) is 11.7. The fourth-order valence-electron chi connectivity index (χ4n) is 1.77. The van der Waals surface area contributed by atoms with E-state index in [1.807, 2.05) is 0 Å². The van der Waals surface area contributed by atoms with Crippen LogP contribution < -0.4 is 0 Å². The fraction of sp³-hybridized carbons (Fsp3) is 0.538. The van der Waals surface area contributed by atoms with Crippen LogP contribution in [-0.4, -0.2) is 10.7 Å². The molecule has 0 unspecified atom stereocenters. The molecule has 0 nitrogen and oxygen atoms in total. The van der Waals surface area contributed by atoms with Gasteiger partial charge in [0.05, 0.1) is 0 Å². The molecule has 0 N–H and O–H groups in total. The topological polar surface area (TPSA) is 0 Å². The van der Waals surface area contributed by atoms with Gasteiger partial charge in [-0.15, -0.1) is 0 Å². The largest absolute Gasteiger partial charge is 0.0918 e. The molecule has 0 radical (unpaired) electrons. The van der Waals surface area contributed by atoms with E-state index in [0.717, 1.165) is 10.7 Å². The Morgan fingerprint density at radius 1 is 1.07 bits per heavy atom. The summed E-state index contributed by atoms with van der Waals surface area (Å²) >= 11 is 7.34. The molecule has 0 saturated heterocycles. The van der Waals surface area contributed by atoms with Crippen molar-refractivity contribution in [3.8, 4) is 0 Å². The van der Waals surface area contributed by atoms with Crippen molar-refractivity contribution in [3.63, 3.8) is 0 Å². The van der Waals surface area contributed by atoms with Gasteiger partial charge in [-0.25, -0.2) is 0 Å². The number of rotatable bonds is 6. The number of halogens is 2. The molecule has 0 heterocycles. The van der Waals surface area contributed by atoms with Crippen molar-refractivity contribution in [2.24, 2.45) is 0 Å². The van der Waals surface area contributed by atoms with Crippen molar-refractivity contribution in [2.75, 3.05) is 10.7 Å². The van der Waals surface area contributed by atoms with Gasteiger partial charge in [0.15, 0.2) is 0 Å². The number of benzene rings is 1. The zero-order chi connectivity index (χ0) is 11.1. The second kappa shape index (κ2) is 6.70. The van der Waals surface area contributed by atoms with Crippen LogP contribution in [0.5, 0.6) is 0 Å². The van der Waals surface area contributed by atoms with Gasteiger partial charge in [-0.3, -0.25) is 0 Å². The highest BCUT2D eigenvalue weighted by molar-refractivity contribution is 9.09. The van der Waals surface area contributed by atoms with Gasteiger partial charge in [-0.1, -0.05) is 82.0 Å². The highest BCUT2D eigenvalue weighted by Crippen LogP contribution is 2.33. The van der Waals surface area contributed by atoms with E-state index in [2.05, 4.69) is 69.1 Å². The summed E-state index contributed by atoms with van der Waals surface area (Å²) in [6.45, 7) is 2.25. The lowest BCUT2D eigenvalue weighted by atomic mass is 9.80. The monoisotopic (exact) mass is 332 g/mol. The molecule has 0 fully saturated rings. The fourth-order valence-corrected chi connectivity index (χ4v) is 3.91. The van der Waals surface area contributed by atoms with Gasteiger partial charge in [-0.05, 0) is 12.0 Å². The van der Waals surface area contributed by atoms with Crippen molar-refractivity contribution in [1.29, 1.82) is 0 Å². The van der Waals surface area contributed by atoms with E-state index in [-0.39, 0.29) is 5.41 Å². The Bertz CT molecular complexity index is 265. The SMILES string of the molecule is CCCCC(CBr)(CBr)c1ccccc1. The molecule has 0 atom stereocenters. The second-order valence-corrected chi connectivity index (χ2v) is 5.14. The average Bonchev–Trinajstić information content (AvgIpc) is 2.33. The van der Waals surface area contributed by atoms with E-state index in [1.165, 1.54) is 24.8 Å². The first-order chi connectivity index (χ1) is 7.29. The highest BCUT2D eigenvalue weighted by Gasteiger charge is 2.28. The summed E-state index contributed by atoms with van der Waals surface area (Å²) in [5.74, 6) is 0. The smallest absolute Gasteiger partial charge is 0.0147 e. The molecule has 0 spiro atoms. The van der Waals surface area contributed by atoms with Gasteiger partial charge in [-0.2, -0.15) is 0 Å². The van der Waals surface area contributed by atoms with Gasteiger partial charge >= 0.3 is 0 Å². The quantitative estimate of drug-likeness (QED) is 0.649. The van der Waals surface area contributed by atoms with Crippen LogP contribution in [0.15, 0.2) is 30.3 Å². The molecule has 0 aliphatic heterocycles. The molecule has 1 rings (SSSR count). The average molecular weight is 334 g/mol. The first kappa shape index (κ1) is 13.2. The van der Waals surface area contributed by atoms with Gasteiger partial charge in [0.25, 0.3) is 0 Å². The van der Waals surface area contributed by atoms with Crippen molar-refractivity contribution in [1.82, 2.24) is 0 Å². The molecule has 1 aromatic rings. The Morgan fingerprint density at radius 3 is 2.13 bits per heavy atom. The minimum Gasteiger partial charge on any atom is -0.0918 e. The Morgan fingerprint density at radius 2 is 1.67 bits per heavy atom. The van der Waals surface area contributed by atoms with Crippen LogP contribution in [0, 0.1) is 0 Å². The maximum absolute atomic E-state index is 3.67. The lowest BCUT2D eigenvalue weighted by Gasteiger charge is -2.30. The second-order valence-electron chi connectivity index (χ2n) is 4.02. The van der Waals surface area contributed by atoms with Gasteiger partial charge < -0.3 is 0 Å². The molecule has 15 heavy (non-hydrogen) atoms. The Balaban J connectivity index is 2.89. The maximum atomic E-state index is 3.67. The maximum Gasteiger partial charge on any atom is 0.0147 e. The molecule has 0 aliphatic rings. The molecule has 2 heteroatoms. The van der Waals surface area contributed by atoms with E-state index < -0.39 is 0 Å². The van der Waals surface area contributed by atoms with E-state index in [4.69, 9.17) is 0 Å². The zero-order valence-electron chi connectivity index (χ0n) is 9.18. The molecule has 0 bridgehead atoms. The number of unbranched alkanes of at least 4 members (excludes halogenated alkanes) is 1. The van der Waals surface area contributed by atoms with Gasteiger partial charge in [0.1, 0.15) is 0 Å². The first-order valence-corrected chi connectivity index (χ1v) is 7.71. The standard InChI is InChI=1S/C13H18Br2/c1-2-3-9-13(10-14,11-15)12-7-5-4-6-8-12/h4-8H,2-3,9-11H2,1H3. The zero-order valence-corrected chi connectivity index (χ0v) is 12.4. The Hall–Kier alpha value is 0.180. The molecule has 84 valence electrons. The number of alkyl halides is 2. The molecule has 0 aromatic heterocycles. The lowest BCUT2D eigenvalue weighted by molar-refractivity contribution is 0.480. The number of hydrogen-bond acceptors (Lipinski definition) is 0. The van der Waals surface area contributed by atoms with Gasteiger partial charge in [0.2, 0.25) is 0 Å². The highest BCUT2D eigenvalue weighted by atomic mass is 79.9. The molecule has 0 amide bonds. The van der Waals surface area contributed by atoms with Crippen molar-refractivity contribution >= 4 is 31.9 Å². The Labute approximate surface area is 110 Å². The van der Waals surface area contributed by atoms with Crippen LogP contribution in [0.1, 0.15) is 31.7 Å². The molecule has 0 saturated carbocycles. The van der Waals surface area contributed by atoms with Crippen molar-refractivity contribution in [3.05, 3.63) is 35.9 Å². The van der Waals surface area contributed by atoms with E-state index in [0.29, 0.717) is 0 Å². The van der Waals surface area contributed by atoms with Crippen LogP contribution in [0.3, 0.4) is 0 Å².